The van der Waals surface area contributed by atoms with Gasteiger partial charge in [-0.3, -0.25) is 9.69 Å². The number of rotatable bonds is 6. The Morgan fingerprint density at radius 3 is 2.59 bits per heavy atom. The molecule has 1 N–H and O–H groups in total. The zero-order valence-electron chi connectivity index (χ0n) is 13.4. The average Bonchev–Trinajstić information content (AvgIpc) is 2.50. The van der Waals surface area contributed by atoms with Crippen LogP contribution in [-0.4, -0.2) is 52.6 Å². The number of piperazine rings is 1. The number of hydrogen-bond acceptors (Lipinski definition) is 3. The van der Waals surface area contributed by atoms with E-state index >= 15 is 0 Å². The first kappa shape index (κ1) is 16.9. The molecule has 0 aromatic heterocycles. The molecule has 0 aliphatic carbocycles. The third-order valence-electron chi connectivity index (χ3n) is 4.49. The molecule has 0 atom stereocenters. The monoisotopic (exact) mass is 308 g/mol. The zero-order valence-corrected chi connectivity index (χ0v) is 13.4. The lowest BCUT2D eigenvalue weighted by Crippen LogP contribution is -2.54. The van der Waals surface area contributed by atoms with E-state index in [0.717, 1.165) is 12.1 Å². The van der Waals surface area contributed by atoms with Crippen LogP contribution in [0.1, 0.15) is 32.3 Å². The van der Waals surface area contributed by atoms with Crippen molar-refractivity contribution in [3.63, 3.8) is 0 Å². The number of carbonyl (C=O) groups excluding carboxylic acids is 1. The van der Waals surface area contributed by atoms with Gasteiger partial charge in [0, 0.05) is 26.2 Å². The van der Waals surface area contributed by atoms with E-state index in [9.17, 15) is 14.3 Å². The fourth-order valence-electron chi connectivity index (χ4n) is 2.80. The van der Waals surface area contributed by atoms with Crippen LogP contribution in [0.15, 0.2) is 24.3 Å². The Morgan fingerprint density at radius 1 is 1.27 bits per heavy atom. The number of aliphatic hydroxyl groups is 1. The van der Waals surface area contributed by atoms with Crippen LogP contribution in [-0.2, 0) is 11.3 Å². The fourth-order valence-corrected chi connectivity index (χ4v) is 2.80. The van der Waals surface area contributed by atoms with Gasteiger partial charge in [-0.15, -0.1) is 0 Å². The molecule has 5 heteroatoms. The van der Waals surface area contributed by atoms with Crippen LogP contribution in [0.2, 0.25) is 0 Å². The second kappa shape index (κ2) is 7.20. The normalized spacial score (nSPS) is 17.1. The molecule has 0 unspecified atom stereocenters. The summed E-state index contributed by atoms with van der Waals surface area (Å²) in [7, 11) is 0. The van der Waals surface area contributed by atoms with E-state index in [-0.39, 0.29) is 11.7 Å². The molecule has 122 valence electrons. The Labute approximate surface area is 131 Å². The van der Waals surface area contributed by atoms with E-state index in [1.807, 2.05) is 24.8 Å². The predicted molar refractivity (Wildman–Crippen MR) is 83.8 cm³/mol. The summed E-state index contributed by atoms with van der Waals surface area (Å²) in [5.74, 6) is -0.246. The summed E-state index contributed by atoms with van der Waals surface area (Å²) < 4.78 is 13.2. The van der Waals surface area contributed by atoms with Crippen molar-refractivity contribution in [2.45, 2.75) is 38.8 Å². The Bertz CT molecular complexity index is 517. The summed E-state index contributed by atoms with van der Waals surface area (Å²) in [6, 6.07) is 6.36. The number of hydrogen-bond donors (Lipinski definition) is 1. The number of β-amino-alcohol motifs (C(OH)–C–C–N with tert-alkyl or cyclic N) is 1. The van der Waals surface area contributed by atoms with Crippen molar-refractivity contribution in [3.8, 4) is 0 Å². The Hall–Kier alpha value is -1.46. The van der Waals surface area contributed by atoms with Crippen molar-refractivity contribution >= 4 is 5.91 Å². The molecular weight excluding hydrogens is 283 g/mol. The number of amides is 1. The average molecular weight is 308 g/mol. The summed E-state index contributed by atoms with van der Waals surface area (Å²) in [4.78, 5) is 16.0. The fraction of sp³-hybridized carbons (Fsp3) is 0.588. The van der Waals surface area contributed by atoms with Gasteiger partial charge >= 0.3 is 0 Å². The quantitative estimate of drug-likeness (QED) is 0.874. The molecule has 1 heterocycles. The molecule has 1 aromatic carbocycles. The molecule has 0 saturated carbocycles. The first-order valence-electron chi connectivity index (χ1n) is 7.92. The van der Waals surface area contributed by atoms with E-state index in [2.05, 4.69) is 0 Å². The van der Waals surface area contributed by atoms with Gasteiger partial charge in [-0.2, -0.15) is 0 Å². The molecule has 1 saturated heterocycles. The second-order valence-corrected chi connectivity index (χ2v) is 6.09. The van der Waals surface area contributed by atoms with Crippen LogP contribution in [0.4, 0.5) is 4.39 Å². The lowest BCUT2D eigenvalue weighted by Gasteiger charge is -2.38. The van der Waals surface area contributed by atoms with Crippen LogP contribution in [0.5, 0.6) is 0 Å². The van der Waals surface area contributed by atoms with Crippen molar-refractivity contribution in [1.82, 2.24) is 9.80 Å². The third-order valence-corrected chi connectivity index (χ3v) is 4.49. The molecule has 1 amide bonds. The summed E-state index contributed by atoms with van der Waals surface area (Å²) in [5, 5.41) is 10.4. The highest BCUT2D eigenvalue weighted by molar-refractivity contribution is 5.79. The van der Waals surface area contributed by atoms with Gasteiger partial charge in [-0.1, -0.05) is 26.0 Å². The summed E-state index contributed by atoms with van der Waals surface area (Å²) in [5.41, 5.74) is 0.0887. The maximum atomic E-state index is 13.2. The van der Waals surface area contributed by atoms with Gasteiger partial charge in [0.1, 0.15) is 5.82 Å². The van der Waals surface area contributed by atoms with Crippen LogP contribution in [0, 0.1) is 5.82 Å². The standard InChI is InChI=1S/C17H25FN2O2/c1-3-17(22,4-2)13-19-8-9-20(16(21)12-19)11-14-6-5-7-15(18)10-14/h5-7,10,22H,3-4,8-9,11-13H2,1-2H3. The van der Waals surface area contributed by atoms with Crippen LogP contribution < -0.4 is 0 Å². The van der Waals surface area contributed by atoms with Gasteiger partial charge < -0.3 is 10.0 Å². The minimum absolute atomic E-state index is 0.0325. The van der Waals surface area contributed by atoms with E-state index in [1.54, 1.807) is 11.0 Å². The molecule has 0 spiro atoms. The number of carbonyl (C=O) groups is 1. The molecule has 4 nitrogen and oxygen atoms in total. The van der Waals surface area contributed by atoms with E-state index < -0.39 is 5.60 Å². The molecule has 1 aliphatic rings. The Morgan fingerprint density at radius 2 is 2.00 bits per heavy atom. The van der Waals surface area contributed by atoms with Gasteiger partial charge in [0.2, 0.25) is 5.91 Å². The van der Waals surface area contributed by atoms with Crippen molar-refractivity contribution in [2.24, 2.45) is 0 Å². The molecular formula is C17H25FN2O2. The lowest BCUT2D eigenvalue weighted by atomic mass is 9.96. The SMILES string of the molecule is CCC(O)(CC)CN1CCN(Cc2cccc(F)c2)C(=O)C1. The highest BCUT2D eigenvalue weighted by Crippen LogP contribution is 2.18. The first-order chi connectivity index (χ1) is 10.5. The van der Waals surface area contributed by atoms with Crippen molar-refractivity contribution < 1.29 is 14.3 Å². The molecule has 0 radical (unpaired) electrons. The topological polar surface area (TPSA) is 43.8 Å². The molecule has 1 aliphatic heterocycles. The van der Waals surface area contributed by atoms with Crippen LogP contribution in [0.25, 0.3) is 0 Å². The minimum Gasteiger partial charge on any atom is -0.389 e. The van der Waals surface area contributed by atoms with Gasteiger partial charge in [-0.25, -0.2) is 4.39 Å². The maximum Gasteiger partial charge on any atom is 0.237 e. The zero-order chi connectivity index (χ0) is 16.2. The minimum atomic E-state index is -0.717. The van der Waals surface area contributed by atoms with E-state index in [1.165, 1.54) is 12.1 Å². The molecule has 2 rings (SSSR count). The van der Waals surface area contributed by atoms with E-state index in [0.29, 0.717) is 39.0 Å². The lowest BCUT2D eigenvalue weighted by molar-refractivity contribution is -0.138. The van der Waals surface area contributed by atoms with E-state index in [4.69, 9.17) is 0 Å². The smallest absolute Gasteiger partial charge is 0.237 e. The maximum absolute atomic E-state index is 13.2. The summed E-state index contributed by atoms with van der Waals surface area (Å²) >= 11 is 0. The summed E-state index contributed by atoms with van der Waals surface area (Å²) in [6.45, 7) is 6.56. The number of halogens is 1. The largest absolute Gasteiger partial charge is 0.389 e. The van der Waals surface area contributed by atoms with Crippen molar-refractivity contribution in [3.05, 3.63) is 35.6 Å². The van der Waals surface area contributed by atoms with Gasteiger partial charge in [-0.05, 0) is 30.5 Å². The molecule has 22 heavy (non-hydrogen) atoms. The van der Waals surface area contributed by atoms with Crippen LogP contribution in [0.3, 0.4) is 0 Å². The Kier molecular flexibility index (Phi) is 5.53. The van der Waals surface area contributed by atoms with Crippen molar-refractivity contribution in [2.75, 3.05) is 26.2 Å². The highest BCUT2D eigenvalue weighted by atomic mass is 19.1. The van der Waals surface area contributed by atoms with Gasteiger partial charge in [0.25, 0.3) is 0 Å². The van der Waals surface area contributed by atoms with Crippen molar-refractivity contribution in [1.29, 1.82) is 0 Å². The Balaban J connectivity index is 1.91. The molecule has 1 aromatic rings. The number of benzene rings is 1. The summed E-state index contributed by atoms with van der Waals surface area (Å²) in [6.07, 6.45) is 1.36. The second-order valence-electron chi connectivity index (χ2n) is 6.09. The predicted octanol–water partition coefficient (Wildman–Crippen LogP) is 2.02. The number of nitrogens with zero attached hydrogens (tertiary/aromatic N) is 2. The third kappa shape index (κ3) is 4.27. The van der Waals surface area contributed by atoms with Crippen LogP contribution >= 0.6 is 0 Å². The molecule has 0 bridgehead atoms. The molecule has 1 fully saturated rings. The first-order valence-corrected chi connectivity index (χ1v) is 7.92. The highest BCUT2D eigenvalue weighted by Gasteiger charge is 2.30. The van der Waals surface area contributed by atoms with Gasteiger partial charge in [0.15, 0.2) is 0 Å². The van der Waals surface area contributed by atoms with Gasteiger partial charge in [0.05, 0.1) is 12.1 Å².